The highest BCUT2D eigenvalue weighted by Gasteiger charge is 2.22. The number of esters is 2. The molecule has 2 atom stereocenters. The first kappa shape index (κ1) is 99.0. The Kier molecular flexibility index (Phi) is 82.0. The maximum Gasteiger partial charge on any atom is 0.306 e. The molecule has 0 aliphatic carbocycles. The van der Waals surface area contributed by atoms with Gasteiger partial charge in [0.05, 0.1) is 40.3 Å². The van der Waals surface area contributed by atoms with Gasteiger partial charge in [0.15, 0.2) is 12.4 Å². The molecular formula is C92H179NO8. The van der Waals surface area contributed by atoms with Gasteiger partial charge in [0.2, 0.25) is 0 Å². The molecule has 9 heteroatoms. The van der Waals surface area contributed by atoms with E-state index in [9.17, 15) is 19.5 Å². The van der Waals surface area contributed by atoms with Crippen molar-refractivity contribution in [1.29, 1.82) is 0 Å². The number of aliphatic carboxylic acids is 1. The summed E-state index contributed by atoms with van der Waals surface area (Å²) in [7, 11) is 5.96. The van der Waals surface area contributed by atoms with E-state index in [1.165, 1.54) is 437 Å². The number of quaternary nitrogens is 1. The average Bonchev–Trinajstić information content (AvgIpc) is 1.25. The van der Waals surface area contributed by atoms with Crippen LogP contribution in [-0.4, -0.2) is 82.3 Å². The molecule has 0 aliphatic heterocycles. The quantitative estimate of drug-likeness (QED) is 0.0195. The Morgan fingerprint density at radius 1 is 0.287 bits per heavy atom. The minimum atomic E-state index is -1.62. The zero-order chi connectivity index (χ0) is 73.2. The molecule has 0 rings (SSSR count). The van der Waals surface area contributed by atoms with Gasteiger partial charge in [-0.2, -0.15) is 0 Å². The molecule has 0 aromatic rings. The summed E-state index contributed by atoms with van der Waals surface area (Å²) in [6, 6.07) is 0. The third-order valence-corrected chi connectivity index (χ3v) is 21.5. The summed E-state index contributed by atoms with van der Waals surface area (Å²) >= 11 is 0. The number of unbranched alkanes of at least 4 members (excludes halogenated alkanes) is 71. The van der Waals surface area contributed by atoms with Crippen molar-refractivity contribution in [3.63, 3.8) is 0 Å². The SMILES string of the molecule is CCCCCCCCCC/C=C\CCCCCCCCCCCCCCCCCCCCCCCCCCCC(=O)OC(COC(=O)CCCCCCCCCCCCCCCCCCCCCCCCCCCCCCCCCCCCCCCCC)COC(OCC[N+](C)(C)C)C(=O)[O-]. The van der Waals surface area contributed by atoms with Gasteiger partial charge in [-0.05, 0) is 38.5 Å². The number of carbonyl (C=O) groups is 3. The molecule has 0 fully saturated rings. The fraction of sp³-hybridized carbons (Fsp3) is 0.946. The molecule has 2 unspecified atom stereocenters. The van der Waals surface area contributed by atoms with Crippen LogP contribution in [0.5, 0.6) is 0 Å². The zero-order valence-corrected chi connectivity index (χ0v) is 69.1. The number of allylic oxidation sites excluding steroid dienone is 2. The van der Waals surface area contributed by atoms with Crippen molar-refractivity contribution in [3.8, 4) is 0 Å². The highest BCUT2D eigenvalue weighted by molar-refractivity contribution is 5.70. The second-order valence-electron chi connectivity index (χ2n) is 33.0. The Bertz CT molecular complexity index is 1660. The van der Waals surface area contributed by atoms with Crippen LogP contribution in [0, 0.1) is 0 Å². The number of hydrogen-bond acceptors (Lipinski definition) is 8. The molecule has 600 valence electrons. The van der Waals surface area contributed by atoms with Crippen molar-refractivity contribution in [2.45, 2.75) is 514 Å². The van der Waals surface area contributed by atoms with Crippen LogP contribution < -0.4 is 5.11 Å². The average molecular weight is 1430 g/mol. The fourth-order valence-electron chi connectivity index (χ4n) is 14.5. The van der Waals surface area contributed by atoms with Gasteiger partial charge in [0.1, 0.15) is 13.2 Å². The first-order valence-electron chi connectivity index (χ1n) is 45.8. The summed E-state index contributed by atoms with van der Waals surface area (Å²) in [6.07, 6.45) is 104. The summed E-state index contributed by atoms with van der Waals surface area (Å²) in [5.74, 6) is -2.24. The van der Waals surface area contributed by atoms with Gasteiger partial charge in [0, 0.05) is 12.8 Å². The molecule has 0 amide bonds. The van der Waals surface area contributed by atoms with Crippen molar-refractivity contribution in [2.75, 3.05) is 47.5 Å². The maximum atomic E-state index is 13.0. The smallest absolute Gasteiger partial charge is 0.306 e. The predicted molar refractivity (Wildman–Crippen MR) is 436 cm³/mol. The number of likely N-dealkylation sites (N-methyl/N-ethyl adjacent to an activating group) is 1. The standard InChI is InChI=1S/C92H179NO8/c1-6-8-10-12-14-16-18-20-22-24-26-28-30-32-34-36-38-40-42-44-45-47-48-50-52-54-56-58-60-62-64-66-68-70-72-74-76-78-80-82-89(94)99-86-88(87-100-92(91(96)97)98-85-84-93(3,4)5)101-90(95)83-81-79-77-75-73-71-69-67-65-63-61-59-57-55-53-51-49-46-43-41-39-37-35-33-31-29-27-25-23-21-19-17-15-13-11-9-7-2/h25,27,88,92H,6-24,26,28-87H2,1-5H3/b27-25-. The van der Waals surface area contributed by atoms with Crippen LogP contribution in [0.15, 0.2) is 12.2 Å². The topological polar surface area (TPSA) is 111 Å². The lowest BCUT2D eigenvalue weighted by atomic mass is 10.0. The molecule has 0 heterocycles. The molecule has 101 heavy (non-hydrogen) atoms. The molecule has 0 N–H and O–H groups in total. The molecule has 0 aromatic carbocycles. The molecule has 0 radical (unpaired) electrons. The van der Waals surface area contributed by atoms with Crippen LogP contribution in [0.3, 0.4) is 0 Å². The molecule has 9 nitrogen and oxygen atoms in total. The number of hydrogen-bond donors (Lipinski definition) is 0. The van der Waals surface area contributed by atoms with Crippen LogP contribution >= 0.6 is 0 Å². The third-order valence-electron chi connectivity index (χ3n) is 21.5. The number of nitrogens with zero attached hydrogens (tertiary/aromatic N) is 1. The zero-order valence-electron chi connectivity index (χ0n) is 69.1. The van der Waals surface area contributed by atoms with Crippen molar-refractivity contribution in [3.05, 3.63) is 12.2 Å². The second-order valence-corrected chi connectivity index (χ2v) is 33.0. The Balaban J connectivity index is 3.87. The van der Waals surface area contributed by atoms with Crippen LogP contribution in [0.2, 0.25) is 0 Å². The summed E-state index contributed by atoms with van der Waals surface area (Å²) in [6.45, 7) is 4.86. The van der Waals surface area contributed by atoms with Gasteiger partial charge in [-0.1, -0.05) is 463 Å². The number of carbonyl (C=O) groups excluding carboxylic acids is 3. The van der Waals surface area contributed by atoms with E-state index < -0.39 is 24.3 Å². The normalized spacial score (nSPS) is 12.5. The lowest BCUT2D eigenvalue weighted by Crippen LogP contribution is -2.44. The highest BCUT2D eigenvalue weighted by Crippen LogP contribution is 2.22. The lowest BCUT2D eigenvalue weighted by molar-refractivity contribution is -0.870. The first-order chi connectivity index (χ1) is 49.6. The molecular weight excluding hydrogens is 1250 g/mol. The summed E-state index contributed by atoms with van der Waals surface area (Å²) in [5, 5.41) is 11.9. The lowest BCUT2D eigenvalue weighted by Gasteiger charge is -2.26. The van der Waals surface area contributed by atoms with E-state index in [1.54, 1.807) is 0 Å². The van der Waals surface area contributed by atoms with E-state index in [4.69, 9.17) is 18.9 Å². The van der Waals surface area contributed by atoms with Crippen LogP contribution in [0.4, 0.5) is 0 Å². The van der Waals surface area contributed by atoms with Gasteiger partial charge in [-0.25, -0.2) is 0 Å². The Hall–Kier alpha value is -1.97. The number of carboxylic acid groups (broad SMARTS) is 1. The molecule has 0 saturated heterocycles. The minimum absolute atomic E-state index is 0.153. The van der Waals surface area contributed by atoms with Crippen LogP contribution in [-0.2, 0) is 33.3 Å². The van der Waals surface area contributed by atoms with Gasteiger partial charge >= 0.3 is 11.9 Å². The van der Waals surface area contributed by atoms with E-state index in [-0.39, 0.29) is 32.2 Å². The van der Waals surface area contributed by atoms with Crippen molar-refractivity contribution >= 4 is 17.9 Å². The summed E-state index contributed by atoms with van der Waals surface area (Å²) < 4.78 is 22.9. The van der Waals surface area contributed by atoms with Crippen LogP contribution in [0.1, 0.15) is 502 Å². The van der Waals surface area contributed by atoms with Gasteiger partial charge < -0.3 is 33.3 Å². The highest BCUT2D eigenvalue weighted by atomic mass is 16.7. The van der Waals surface area contributed by atoms with E-state index in [0.717, 1.165) is 38.5 Å². The Labute approximate surface area is 631 Å². The van der Waals surface area contributed by atoms with Crippen LogP contribution in [0.25, 0.3) is 0 Å². The van der Waals surface area contributed by atoms with Crippen molar-refractivity contribution < 1.29 is 42.9 Å². The number of carboxylic acids is 1. The van der Waals surface area contributed by atoms with Crippen molar-refractivity contribution in [2.24, 2.45) is 0 Å². The van der Waals surface area contributed by atoms with E-state index in [0.29, 0.717) is 17.4 Å². The summed E-state index contributed by atoms with van der Waals surface area (Å²) in [5.41, 5.74) is 0. The van der Waals surface area contributed by atoms with Crippen molar-refractivity contribution in [1.82, 2.24) is 0 Å². The Morgan fingerprint density at radius 3 is 0.733 bits per heavy atom. The second kappa shape index (κ2) is 83.7. The Morgan fingerprint density at radius 2 is 0.505 bits per heavy atom. The van der Waals surface area contributed by atoms with E-state index in [1.807, 2.05) is 21.1 Å². The summed E-state index contributed by atoms with van der Waals surface area (Å²) in [4.78, 5) is 37.7. The number of ether oxygens (including phenoxy) is 4. The third kappa shape index (κ3) is 85.2. The molecule has 0 saturated carbocycles. The van der Waals surface area contributed by atoms with Gasteiger partial charge in [-0.3, -0.25) is 9.59 Å². The molecule has 0 spiro atoms. The van der Waals surface area contributed by atoms with Gasteiger partial charge in [-0.15, -0.1) is 0 Å². The monoisotopic (exact) mass is 1430 g/mol. The maximum absolute atomic E-state index is 13.0. The largest absolute Gasteiger partial charge is 0.545 e. The number of rotatable bonds is 88. The van der Waals surface area contributed by atoms with E-state index >= 15 is 0 Å². The molecule has 0 bridgehead atoms. The molecule has 0 aromatic heterocycles. The predicted octanol–water partition coefficient (Wildman–Crippen LogP) is 28.5. The fourth-order valence-corrected chi connectivity index (χ4v) is 14.5. The first-order valence-corrected chi connectivity index (χ1v) is 45.8. The van der Waals surface area contributed by atoms with Gasteiger partial charge in [0.25, 0.3) is 0 Å². The van der Waals surface area contributed by atoms with E-state index in [2.05, 4.69) is 26.0 Å². The molecule has 0 aliphatic rings. The minimum Gasteiger partial charge on any atom is -0.545 e.